The number of rotatable bonds is 10. The first kappa shape index (κ1) is 23.5. The molecule has 2 saturated heterocycles. The molecule has 1 aromatic rings. The van der Waals surface area contributed by atoms with Crippen molar-refractivity contribution >= 4 is 13.7 Å². The first-order valence-electron chi connectivity index (χ1n) is 11.3. The molecule has 0 spiro atoms. The van der Waals surface area contributed by atoms with Gasteiger partial charge in [0.1, 0.15) is 0 Å². The second-order valence-electron chi connectivity index (χ2n) is 9.25. The number of hydrogen-bond donors (Lipinski definition) is 1. The van der Waals surface area contributed by atoms with E-state index in [0.717, 1.165) is 24.9 Å². The highest BCUT2D eigenvalue weighted by Gasteiger charge is 2.38. The van der Waals surface area contributed by atoms with Gasteiger partial charge in [0.2, 0.25) is 5.91 Å². The van der Waals surface area contributed by atoms with Crippen LogP contribution in [0.3, 0.4) is 0 Å². The maximum atomic E-state index is 13.4. The zero-order valence-electron chi connectivity index (χ0n) is 18.8. The van der Waals surface area contributed by atoms with E-state index < -0.39 is 7.75 Å². The van der Waals surface area contributed by atoms with Crippen LogP contribution in [-0.4, -0.2) is 41.6 Å². The van der Waals surface area contributed by atoms with Crippen molar-refractivity contribution in [2.24, 2.45) is 5.92 Å². The van der Waals surface area contributed by atoms with Gasteiger partial charge in [0.25, 0.3) is 0 Å². The molecule has 0 unspecified atom stereocenters. The van der Waals surface area contributed by atoms with E-state index in [-0.39, 0.29) is 30.6 Å². The van der Waals surface area contributed by atoms with Gasteiger partial charge in [-0.1, -0.05) is 30.3 Å². The Morgan fingerprint density at radius 1 is 1.07 bits per heavy atom. The number of amides is 1. The van der Waals surface area contributed by atoms with Crippen molar-refractivity contribution in [1.29, 1.82) is 0 Å². The Labute approximate surface area is 181 Å². The fraction of sp³-hybridized carbons (Fsp3) is 0.696. The molecule has 3 fully saturated rings. The molecule has 3 aliphatic rings. The summed E-state index contributed by atoms with van der Waals surface area (Å²) in [6.45, 7) is 8.20. The van der Waals surface area contributed by atoms with Gasteiger partial charge in [-0.3, -0.25) is 13.8 Å². The third-order valence-corrected chi connectivity index (χ3v) is 7.90. The largest absolute Gasteiger partial charge is 0.406 e. The lowest BCUT2D eigenvalue weighted by Gasteiger charge is -2.45. The maximum absolute atomic E-state index is 13.4. The maximum Gasteiger partial charge on any atom is 0.406 e. The van der Waals surface area contributed by atoms with Gasteiger partial charge < -0.3 is 4.90 Å². The van der Waals surface area contributed by atoms with Gasteiger partial charge in [0.05, 0.1) is 12.2 Å². The normalized spacial score (nSPS) is 22.7. The topological polar surface area (TPSA) is 67.9 Å². The molecule has 30 heavy (non-hydrogen) atoms. The molecule has 1 aromatic carbocycles. The summed E-state index contributed by atoms with van der Waals surface area (Å²) >= 11 is 0. The Morgan fingerprint density at radius 2 is 1.67 bits per heavy atom. The summed E-state index contributed by atoms with van der Waals surface area (Å²) in [6.07, 6.45) is 5.05. The van der Waals surface area contributed by atoms with Crippen LogP contribution in [0, 0.1) is 5.92 Å². The second-order valence-corrected chi connectivity index (χ2v) is 10.9. The number of fused-ring (bicyclic) bond motifs is 3. The minimum Gasteiger partial charge on any atom is -0.339 e. The van der Waals surface area contributed by atoms with Crippen LogP contribution in [-0.2, 0) is 24.8 Å². The number of nitrogens with one attached hydrogen (secondary N) is 1. The van der Waals surface area contributed by atoms with Crippen molar-refractivity contribution in [3.05, 3.63) is 35.9 Å². The van der Waals surface area contributed by atoms with Crippen molar-refractivity contribution in [2.45, 2.75) is 90.5 Å². The van der Waals surface area contributed by atoms with E-state index in [1.807, 2.05) is 58.0 Å². The quantitative estimate of drug-likeness (QED) is 0.527. The van der Waals surface area contributed by atoms with Crippen molar-refractivity contribution < 1.29 is 18.4 Å². The molecular weight excluding hydrogens is 399 g/mol. The first-order chi connectivity index (χ1) is 14.2. The summed E-state index contributed by atoms with van der Waals surface area (Å²) in [5.41, 5.74) is 1.09. The number of piperidine rings is 2. The van der Waals surface area contributed by atoms with E-state index in [2.05, 4.69) is 9.99 Å². The zero-order valence-corrected chi connectivity index (χ0v) is 19.6. The Balaban J connectivity index is 1.75. The molecule has 1 amide bonds. The number of nitrogens with zero attached hydrogens (tertiary/aromatic N) is 1. The standard InChI is InChI=1S/C23H37N2O4P/c1-17(2)28-30(27,29-18(3)4)24-21(14-19-8-6-5-7-9-19)15-23(26)25-16-20-10-12-22(25)13-11-20/h5-9,17-18,20-22H,10-16H2,1-4H3,(H,24,27)/t20?,21-,22?/m1/s1. The van der Waals surface area contributed by atoms with Crippen molar-refractivity contribution in [1.82, 2.24) is 9.99 Å². The Bertz CT molecular complexity index is 718. The number of carbonyl (C=O) groups is 1. The summed E-state index contributed by atoms with van der Waals surface area (Å²) < 4.78 is 24.8. The molecule has 0 radical (unpaired) electrons. The minimum atomic E-state index is -3.56. The van der Waals surface area contributed by atoms with Crippen molar-refractivity contribution in [3.8, 4) is 0 Å². The van der Waals surface area contributed by atoms with Gasteiger partial charge in [0, 0.05) is 25.0 Å². The van der Waals surface area contributed by atoms with E-state index >= 15 is 0 Å². The van der Waals surface area contributed by atoms with Crippen LogP contribution in [0.15, 0.2) is 30.3 Å². The van der Waals surface area contributed by atoms with E-state index in [1.165, 1.54) is 12.8 Å². The van der Waals surface area contributed by atoms with Crippen LogP contribution >= 0.6 is 7.75 Å². The first-order valence-corrected chi connectivity index (χ1v) is 12.9. The minimum absolute atomic E-state index is 0.137. The van der Waals surface area contributed by atoms with Crippen LogP contribution in [0.2, 0.25) is 0 Å². The highest BCUT2D eigenvalue weighted by molar-refractivity contribution is 7.51. The van der Waals surface area contributed by atoms with Gasteiger partial charge in [0.15, 0.2) is 0 Å². The molecule has 1 atom stereocenters. The summed E-state index contributed by atoms with van der Waals surface area (Å²) in [5.74, 6) is 0.776. The summed E-state index contributed by atoms with van der Waals surface area (Å²) in [6, 6.07) is 10.0. The zero-order chi connectivity index (χ0) is 21.7. The van der Waals surface area contributed by atoms with Crippen molar-refractivity contribution in [3.63, 3.8) is 0 Å². The molecule has 0 aromatic heterocycles. The summed E-state index contributed by atoms with van der Waals surface area (Å²) in [5, 5.41) is 3.12. The number of benzene rings is 1. The van der Waals surface area contributed by atoms with Gasteiger partial charge in [-0.05, 0) is 71.3 Å². The van der Waals surface area contributed by atoms with Crippen LogP contribution in [0.25, 0.3) is 0 Å². The Hall–Kier alpha value is -1.20. The van der Waals surface area contributed by atoms with Crippen molar-refractivity contribution in [2.75, 3.05) is 6.54 Å². The van der Waals surface area contributed by atoms with Gasteiger partial charge in [-0.25, -0.2) is 9.65 Å². The third kappa shape index (κ3) is 6.65. The summed E-state index contributed by atoms with van der Waals surface area (Å²) in [4.78, 5) is 15.3. The summed E-state index contributed by atoms with van der Waals surface area (Å²) in [7, 11) is -3.56. The molecule has 7 heteroatoms. The smallest absolute Gasteiger partial charge is 0.339 e. The lowest BCUT2D eigenvalue weighted by atomic mass is 9.79. The highest BCUT2D eigenvalue weighted by atomic mass is 31.2. The molecule has 6 nitrogen and oxygen atoms in total. The third-order valence-electron chi connectivity index (χ3n) is 5.82. The molecule has 2 aliphatic heterocycles. The molecule has 4 rings (SSSR count). The SMILES string of the molecule is CC(C)OP(=O)(N[C@@H](CC(=O)N1CC2CCC1CC2)Cc1ccccc1)OC(C)C. The van der Waals surface area contributed by atoms with E-state index in [9.17, 15) is 9.36 Å². The Morgan fingerprint density at radius 3 is 2.17 bits per heavy atom. The van der Waals surface area contributed by atoms with Gasteiger partial charge in [-0.2, -0.15) is 0 Å². The van der Waals surface area contributed by atoms with Crippen LogP contribution in [0.4, 0.5) is 0 Å². The fourth-order valence-electron chi connectivity index (χ4n) is 4.63. The predicted molar refractivity (Wildman–Crippen MR) is 119 cm³/mol. The van der Waals surface area contributed by atoms with Crippen LogP contribution < -0.4 is 5.09 Å². The van der Waals surface area contributed by atoms with Crippen LogP contribution in [0.5, 0.6) is 0 Å². The molecule has 1 N–H and O–H groups in total. The van der Waals surface area contributed by atoms with Gasteiger partial charge >= 0.3 is 7.75 Å². The molecule has 1 aliphatic carbocycles. The van der Waals surface area contributed by atoms with Crippen LogP contribution in [0.1, 0.15) is 65.4 Å². The van der Waals surface area contributed by atoms with E-state index in [4.69, 9.17) is 9.05 Å². The molecule has 2 bridgehead atoms. The van der Waals surface area contributed by atoms with Gasteiger partial charge in [-0.15, -0.1) is 0 Å². The van der Waals surface area contributed by atoms with E-state index in [1.54, 1.807) is 0 Å². The fourth-order valence-corrected chi connectivity index (χ4v) is 6.54. The monoisotopic (exact) mass is 436 g/mol. The predicted octanol–water partition coefficient (Wildman–Crippen LogP) is 4.94. The molecule has 2 heterocycles. The number of carbonyl (C=O) groups excluding carboxylic acids is 1. The Kier molecular flexibility index (Phi) is 8.14. The molecular formula is C23H37N2O4P. The number of hydrogen-bond acceptors (Lipinski definition) is 4. The average Bonchev–Trinajstić information content (AvgIpc) is 2.68. The second kappa shape index (κ2) is 10.4. The molecule has 168 valence electrons. The lowest BCUT2D eigenvalue weighted by Crippen LogP contribution is -2.52. The van der Waals surface area contributed by atoms with E-state index in [0.29, 0.717) is 18.4 Å². The average molecular weight is 437 g/mol. The lowest BCUT2D eigenvalue weighted by molar-refractivity contribution is -0.139. The highest BCUT2D eigenvalue weighted by Crippen LogP contribution is 2.47. The molecule has 1 saturated carbocycles.